The summed E-state index contributed by atoms with van der Waals surface area (Å²) in [5.41, 5.74) is 0.818. The van der Waals surface area contributed by atoms with E-state index in [4.69, 9.17) is 8.85 Å². The smallest absolute Gasteiger partial charge is 0.324 e. The van der Waals surface area contributed by atoms with Crippen LogP contribution in [0, 0.1) is 11.8 Å². The molecule has 2 aliphatic rings. The summed E-state index contributed by atoms with van der Waals surface area (Å²) in [5, 5.41) is 0. The Morgan fingerprint density at radius 2 is 1.83 bits per heavy atom. The van der Waals surface area contributed by atoms with E-state index in [9.17, 15) is 0 Å². The van der Waals surface area contributed by atoms with Crippen LogP contribution in [0.4, 0.5) is 0 Å². The molecule has 2 rings (SSSR count). The highest BCUT2D eigenvalue weighted by Crippen LogP contribution is 2.52. The van der Waals surface area contributed by atoms with Crippen LogP contribution in [0.1, 0.15) is 25.7 Å². The molecule has 2 fully saturated rings. The van der Waals surface area contributed by atoms with Crippen molar-refractivity contribution in [2.24, 2.45) is 11.8 Å². The highest BCUT2D eigenvalue weighted by Gasteiger charge is 2.44. The van der Waals surface area contributed by atoms with E-state index >= 15 is 0 Å². The van der Waals surface area contributed by atoms with Gasteiger partial charge in [0.25, 0.3) is 0 Å². The molecule has 0 heterocycles. The molecule has 12 heavy (non-hydrogen) atoms. The minimum absolute atomic E-state index is 0.818. The second-order valence-corrected chi connectivity index (χ2v) is 6.71. The number of hydrogen-bond acceptors (Lipinski definition) is 2. The Hall–Kier alpha value is 0.137. The Balaban J connectivity index is 1.96. The quantitative estimate of drug-likeness (QED) is 0.624. The maximum atomic E-state index is 5.45. The van der Waals surface area contributed by atoms with E-state index in [1.807, 2.05) is 14.2 Å². The summed E-state index contributed by atoms with van der Waals surface area (Å²) >= 11 is 0. The lowest BCUT2D eigenvalue weighted by atomic mass is 10.0. The van der Waals surface area contributed by atoms with Crippen molar-refractivity contribution < 1.29 is 8.85 Å². The Bertz CT molecular complexity index is 159. The molecule has 3 heteroatoms. The molecular weight excluding hydrogens is 168 g/mol. The summed E-state index contributed by atoms with van der Waals surface area (Å²) in [4.78, 5) is 0. The highest BCUT2D eigenvalue weighted by molar-refractivity contribution is 6.46. The molecule has 2 nitrogen and oxygen atoms in total. The van der Waals surface area contributed by atoms with Gasteiger partial charge < -0.3 is 8.85 Å². The van der Waals surface area contributed by atoms with E-state index in [0.717, 1.165) is 17.4 Å². The largest absolute Gasteiger partial charge is 0.400 e. The Morgan fingerprint density at radius 3 is 2.25 bits per heavy atom. The van der Waals surface area contributed by atoms with Gasteiger partial charge >= 0.3 is 9.28 Å². The molecule has 0 aromatic heterocycles. The van der Waals surface area contributed by atoms with Gasteiger partial charge in [0.05, 0.1) is 0 Å². The van der Waals surface area contributed by atoms with Crippen molar-refractivity contribution in [1.82, 2.24) is 0 Å². The van der Waals surface area contributed by atoms with Gasteiger partial charge in [0.2, 0.25) is 0 Å². The van der Waals surface area contributed by atoms with Gasteiger partial charge in [-0.1, -0.05) is 12.8 Å². The van der Waals surface area contributed by atoms with Gasteiger partial charge in [0.15, 0.2) is 0 Å². The molecule has 2 aliphatic carbocycles. The fourth-order valence-corrected chi connectivity index (χ4v) is 5.37. The molecule has 0 amide bonds. The van der Waals surface area contributed by atoms with Crippen molar-refractivity contribution in [2.45, 2.75) is 31.2 Å². The van der Waals surface area contributed by atoms with Crippen LogP contribution in [0.15, 0.2) is 0 Å². The van der Waals surface area contributed by atoms with Crippen LogP contribution in [0.2, 0.25) is 5.54 Å². The van der Waals surface area contributed by atoms with E-state index in [1.165, 1.54) is 25.7 Å². The molecule has 70 valence electrons. The molecule has 0 radical (unpaired) electrons. The van der Waals surface area contributed by atoms with Gasteiger partial charge in [0, 0.05) is 19.8 Å². The molecule has 0 N–H and O–H groups in total. The van der Waals surface area contributed by atoms with Crippen molar-refractivity contribution >= 4 is 9.28 Å². The second kappa shape index (κ2) is 3.48. The maximum Gasteiger partial charge on any atom is 0.324 e. The van der Waals surface area contributed by atoms with Crippen molar-refractivity contribution in [3.05, 3.63) is 0 Å². The minimum Gasteiger partial charge on any atom is -0.400 e. The average molecular weight is 186 g/mol. The molecule has 2 saturated carbocycles. The average Bonchev–Trinajstić information content (AvgIpc) is 2.67. The zero-order valence-electron chi connectivity index (χ0n) is 7.95. The predicted molar refractivity (Wildman–Crippen MR) is 50.4 cm³/mol. The van der Waals surface area contributed by atoms with Gasteiger partial charge in [-0.25, -0.2) is 0 Å². The lowest BCUT2D eigenvalue weighted by Gasteiger charge is -2.26. The highest BCUT2D eigenvalue weighted by atomic mass is 28.3. The van der Waals surface area contributed by atoms with Crippen LogP contribution < -0.4 is 0 Å². The van der Waals surface area contributed by atoms with Crippen molar-refractivity contribution in [1.29, 1.82) is 0 Å². The van der Waals surface area contributed by atoms with E-state index in [0.29, 0.717) is 0 Å². The number of fused-ring (bicyclic) bond motifs is 2. The summed E-state index contributed by atoms with van der Waals surface area (Å²) in [7, 11) is 2.33. The zero-order chi connectivity index (χ0) is 8.55. The summed E-state index contributed by atoms with van der Waals surface area (Å²) in [6.45, 7) is 0. The first kappa shape index (κ1) is 8.72. The minimum atomic E-state index is -1.29. The van der Waals surface area contributed by atoms with Gasteiger partial charge in [0.1, 0.15) is 0 Å². The Kier molecular flexibility index (Phi) is 2.53. The van der Waals surface area contributed by atoms with E-state index < -0.39 is 9.28 Å². The van der Waals surface area contributed by atoms with Crippen molar-refractivity contribution in [2.75, 3.05) is 14.2 Å². The topological polar surface area (TPSA) is 18.5 Å². The number of rotatable bonds is 3. The fraction of sp³-hybridized carbons (Fsp3) is 1.00. The Morgan fingerprint density at radius 1 is 1.08 bits per heavy atom. The van der Waals surface area contributed by atoms with E-state index in [-0.39, 0.29) is 0 Å². The van der Waals surface area contributed by atoms with Gasteiger partial charge in [-0.15, -0.1) is 0 Å². The zero-order valence-corrected chi connectivity index (χ0v) is 9.11. The van der Waals surface area contributed by atoms with Gasteiger partial charge in [-0.2, -0.15) is 0 Å². The second-order valence-electron chi connectivity index (χ2n) is 4.18. The summed E-state index contributed by atoms with van der Waals surface area (Å²) in [6, 6.07) is 0. The van der Waals surface area contributed by atoms with Crippen LogP contribution >= 0.6 is 0 Å². The summed E-state index contributed by atoms with van der Waals surface area (Å²) in [5.74, 6) is 1.96. The first-order valence-corrected chi connectivity index (χ1v) is 6.51. The summed E-state index contributed by atoms with van der Waals surface area (Å²) in [6.07, 6.45) is 5.76. The molecule has 0 spiro atoms. The molecule has 0 aromatic rings. The van der Waals surface area contributed by atoms with Crippen molar-refractivity contribution in [3.63, 3.8) is 0 Å². The molecule has 0 aliphatic heterocycles. The SMILES string of the molecule is CO[SiH](OC)C1CC2CCC1C2. The van der Waals surface area contributed by atoms with Crippen LogP contribution in [-0.2, 0) is 8.85 Å². The molecule has 0 saturated heterocycles. The van der Waals surface area contributed by atoms with Crippen molar-refractivity contribution in [3.8, 4) is 0 Å². The fourth-order valence-electron chi connectivity index (χ4n) is 3.07. The molecule has 3 unspecified atom stereocenters. The van der Waals surface area contributed by atoms with E-state index in [2.05, 4.69) is 0 Å². The van der Waals surface area contributed by atoms with Gasteiger partial charge in [-0.05, 0) is 24.7 Å². The molecular formula is C9H18O2Si. The normalized spacial score (nSPS) is 39.8. The van der Waals surface area contributed by atoms with Crippen LogP contribution in [0.5, 0.6) is 0 Å². The lowest BCUT2D eigenvalue weighted by molar-refractivity contribution is 0.248. The van der Waals surface area contributed by atoms with Crippen LogP contribution in [-0.4, -0.2) is 23.5 Å². The third-order valence-corrected chi connectivity index (χ3v) is 6.05. The standard InChI is InChI=1S/C9H18O2Si/c1-10-12(11-2)9-6-7-3-4-8(9)5-7/h7-9,12H,3-6H2,1-2H3. The molecule has 0 aromatic carbocycles. The van der Waals surface area contributed by atoms with E-state index in [1.54, 1.807) is 0 Å². The predicted octanol–water partition coefficient (Wildman–Crippen LogP) is 1.69. The van der Waals surface area contributed by atoms with Gasteiger partial charge in [-0.3, -0.25) is 0 Å². The first-order valence-electron chi connectivity index (χ1n) is 4.90. The maximum absolute atomic E-state index is 5.45. The molecule has 2 bridgehead atoms. The third kappa shape index (κ3) is 1.34. The monoisotopic (exact) mass is 186 g/mol. The number of hydrogen-bond donors (Lipinski definition) is 0. The Labute approximate surface area is 76.1 Å². The van der Waals surface area contributed by atoms with Crippen LogP contribution in [0.3, 0.4) is 0 Å². The lowest BCUT2D eigenvalue weighted by Crippen LogP contribution is -2.29. The summed E-state index contributed by atoms with van der Waals surface area (Å²) < 4.78 is 10.9. The van der Waals surface area contributed by atoms with Crippen LogP contribution in [0.25, 0.3) is 0 Å². The first-order chi connectivity index (χ1) is 5.85. The molecule has 3 atom stereocenters. The third-order valence-electron chi connectivity index (χ3n) is 3.61.